The lowest BCUT2D eigenvalue weighted by Crippen LogP contribution is -2.16. The number of rotatable bonds is 4. The van der Waals surface area contributed by atoms with E-state index in [1.54, 1.807) is 11.3 Å². The Balaban J connectivity index is 1.64. The van der Waals surface area contributed by atoms with Gasteiger partial charge in [0.1, 0.15) is 5.75 Å². The zero-order chi connectivity index (χ0) is 16.5. The van der Waals surface area contributed by atoms with E-state index in [9.17, 15) is 4.79 Å². The molecular weight excluding hydrogens is 324 g/mol. The maximum atomic E-state index is 12.7. The molecule has 0 saturated carbocycles. The van der Waals surface area contributed by atoms with Crippen molar-refractivity contribution < 1.29 is 14.1 Å². The Hall–Kier alpha value is -2.60. The molecule has 0 radical (unpaired) electrons. The van der Waals surface area contributed by atoms with E-state index in [-0.39, 0.29) is 5.91 Å². The van der Waals surface area contributed by atoms with Gasteiger partial charge in [0, 0.05) is 16.0 Å². The van der Waals surface area contributed by atoms with Gasteiger partial charge in [0.15, 0.2) is 11.5 Å². The van der Waals surface area contributed by atoms with Gasteiger partial charge >= 0.3 is 0 Å². The van der Waals surface area contributed by atoms with Crippen LogP contribution in [-0.2, 0) is 12.8 Å². The highest BCUT2D eigenvalue weighted by Crippen LogP contribution is 2.38. The number of anilines is 1. The molecule has 1 N–H and O–H groups in total. The number of para-hydroxylation sites is 2. The number of thiophene rings is 1. The molecule has 1 amide bonds. The number of nitrogens with zero attached hydrogens (tertiary/aromatic N) is 1. The predicted octanol–water partition coefficient (Wildman–Crippen LogP) is 4.15. The van der Waals surface area contributed by atoms with Crippen LogP contribution < -0.4 is 10.1 Å². The van der Waals surface area contributed by atoms with Crippen LogP contribution in [0.25, 0.3) is 11.3 Å². The first-order chi connectivity index (χ1) is 11.8. The largest absolute Gasteiger partial charge is 0.492 e. The second-order valence-corrected chi connectivity index (χ2v) is 6.48. The van der Waals surface area contributed by atoms with Crippen molar-refractivity contribution in [2.75, 3.05) is 11.9 Å². The summed E-state index contributed by atoms with van der Waals surface area (Å²) in [6.45, 7) is 2.44. The minimum Gasteiger partial charge on any atom is -0.492 e. The van der Waals surface area contributed by atoms with Crippen molar-refractivity contribution in [3.63, 3.8) is 0 Å². The molecular formula is C18H16N2O3S. The van der Waals surface area contributed by atoms with Crippen molar-refractivity contribution in [2.24, 2.45) is 0 Å². The first kappa shape index (κ1) is 15.0. The molecule has 2 aromatic heterocycles. The summed E-state index contributed by atoms with van der Waals surface area (Å²) in [6.07, 6.45) is 1.68. The number of ether oxygens (including phenoxy) is 1. The first-order valence-corrected chi connectivity index (χ1v) is 8.74. The Morgan fingerprint density at radius 3 is 3.08 bits per heavy atom. The average molecular weight is 340 g/mol. The third-order valence-corrected chi connectivity index (χ3v) is 5.01. The second-order valence-electron chi connectivity index (χ2n) is 5.48. The van der Waals surface area contributed by atoms with Crippen LogP contribution in [0.4, 0.5) is 5.69 Å². The van der Waals surface area contributed by atoms with E-state index < -0.39 is 0 Å². The van der Waals surface area contributed by atoms with Gasteiger partial charge < -0.3 is 14.6 Å². The van der Waals surface area contributed by atoms with Crippen LogP contribution in [0.15, 0.2) is 40.2 Å². The van der Waals surface area contributed by atoms with Crippen molar-refractivity contribution in [1.82, 2.24) is 5.16 Å². The smallest absolute Gasteiger partial charge is 0.278 e. The topological polar surface area (TPSA) is 64.4 Å². The molecule has 122 valence electrons. The molecule has 1 aromatic carbocycles. The summed E-state index contributed by atoms with van der Waals surface area (Å²) in [5.41, 5.74) is 2.93. The van der Waals surface area contributed by atoms with Gasteiger partial charge in [-0.05, 0) is 43.3 Å². The fourth-order valence-electron chi connectivity index (χ4n) is 2.94. The highest BCUT2D eigenvalue weighted by atomic mass is 32.1. The Labute approximate surface area is 143 Å². The summed E-state index contributed by atoms with van der Waals surface area (Å²) in [5.74, 6) is 1.09. The van der Waals surface area contributed by atoms with Gasteiger partial charge in [-0.3, -0.25) is 4.79 Å². The van der Waals surface area contributed by atoms with Gasteiger partial charge in [0.2, 0.25) is 0 Å². The molecule has 0 unspecified atom stereocenters. The molecule has 0 spiro atoms. The monoisotopic (exact) mass is 340 g/mol. The number of amides is 1. The molecule has 24 heavy (non-hydrogen) atoms. The van der Waals surface area contributed by atoms with Crippen LogP contribution in [-0.4, -0.2) is 17.7 Å². The van der Waals surface area contributed by atoms with Gasteiger partial charge in [-0.15, -0.1) is 11.3 Å². The van der Waals surface area contributed by atoms with Crippen molar-refractivity contribution in [1.29, 1.82) is 0 Å². The van der Waals surface area contributed by atoms with E-state index in [4.69, 9.17) is 9.26 Å². The Bertz CT molecular complexity index is 897. The number of carbonyl (C=O) groups excluding carboxylic acids is 1. The highest BCUT2D eigenvalue weighted by molar-refractivity contribution is 7.10. The average Bonchev–Trinajstić information content (AvgIpc) is 3.22. The number of aromatic nitrogens is 1. The molecule has 0 fully saturated rings. The highest BCUT2D eigenvalue weighted by Gasteiger charge is 2.28. The zero-order valence-electron chi connectivity index (χ0n) is 13.2. The zero-order valence-corrected chi connectivity index (χ0v) is 14.0. The van der Waals surface area contributed by atoms with Crippen molar-refractivity contribution in [3.8, 4) is 17.1 Å². The van der Waals surface area contributed by atoms with Crippen molar-refractivity contribution in [3.05, 3.63) is 51.8 Å². The van der Waals surface area contributed by atoms with Crippen molar-refractivity contribution in [2.45, 2.75) is 19.8 Å². The van der Waals surface area contributed by atoms with Crippen LogP contribution in [0.1, 0.15) is 27.9 Å². The van der Waals surface area contributed by atoms with Gasteiger partial charge in [0.05, 0.1) is 12.3 Å². The van der Waals surface area contributed by atoms with Crippen LogP contribution in [0.5, 0.6) is 5.75 Å². The number of hydrogen-bond donors (Lipinski definition) is 1. The molecule has 5 nitrogen and oxygen atoms in total. The summed E-state index contributed by atoms with van der Waals surface area (Å²) < 4.78 is 11.0. The lowest BCUT2D eigenvalue weighted by atomic mass is 9.95. The van der Waals surface area contributed by atoms with E-state index in [1.165, 1.54) is 4.88 Å². The quantitative estimate of drug-likeness (QED) is 0.775. The summed E-state index contributed by atoms with van der Waals surface area (Å²) in [6, 6.07) is 9.39. The van der Waals surface area contributed by atoms with E-state index in [0.717, 1.165) is 29.7 Å². The van der Waals surface area contributed by atoms with Crippen LogP contribution >= 0.6 is 11.3 Å². The van der Waals surface area contributed by atoms with Gasteiger partial charge in [-0.2, -0.15) is 0 Å². The molecule has 4 rings (SSSR count). The second kappa shape index (κ2) is 6.13. The Morgan fingerprint density at radius 2 is 2.21 bits per heavy atom. The minimum atomic E-state index is -0.272. The molecule has 0 saturated heterocycles. The summed E-state index contributed by atoms with van der Waals surface area (Å²) in [7, 11) is 0. The summed E-state index contributed by atoms with van der Waals surface area (Å²) in [5, 5.41) is 8.95. The van der Waals surface area contributed by atoms with Crippen molar-refractivity contribution >= 4 is 22.9 Å². The normalized spacial score (nSPS) is 12.4. The number of aryl methyl sites for hydroxylation is 1. The summed E-state index contributed by atoms with van der Waals surface area (Å²) >= 11 is 1.71. The molecule has 0 atom stereocenters. The van der Waals surface area contributed by atoms with E-state index >= 15 is 0 Å². The molecule has 6 heteroatoms. The van der Waals surface area contributed by atoms with Gasteiger partial charge in [-0.1, -0.05) is 17.3 Å². The number of benzene rings is 1. The fourth-order valence-corrected chi connectivity index (χ4v) is 3.82. The molecule has 0 bridgehead atoms. The number of fused-ring (bicyclic) bond motifs is 3. The lowest BCUT2D eigenvalue weighted by molar-refractivity contribution is 0.101. The van der Waals surface area contributed by atoms with E-state index in [2.05, 4.69) is 10.5 Å². The lowest BCUT2D eigenvalue weighted by Gasteiger charge is -2.12. The molecule has 1 aliphatic carbocycles. The van der Waals surface area contributed by atoms with Crippen LogP contribution in [0, 0.1) is 0 Å². The Morgan fingerprint density at radius 1 is 1.33 bits per heavy atom. The molecule has 0 aliphatic heterocycles. The Kier molecular flexibility index (Phi) is 3.82. The van der Waals surface area contributed by atoms with Crippen LogP contribution in [0.3, 0.4) is 0 Å². The third-order valence-electron chi connectivity index (χ3n) is 4.03. The van der Waals surface area contributed by atoms with E-state index in [1.807, 2.05) is 42.6 Å². The molecule has 2 heterocycles. The summed E-state index contributed by atoms with van der Waals surface area (Å²) in [4.78, 5) is 14.0. The maximum absolute atomic E-state index is 12.7. The molecule has 3 aromatic rings. The first-order valence-electron chi connectivity index (χ1n) is 7.86. The minimum absolute atomic E-state index is 0.272. The SMILES string of the molecule is CCOc1ccccc1NC(=O)c1noc2c1CCc1sccc1-2. The van der Waals surface area contributed by atoms with Gasteiger partial charge in [-0.25, -0.2) is 0 Å². The van der Waals surface area contributed by atoms with E-state index in [0.29, 0.717) is 23.7 Å². The number of nitrogens with one attached hydrogen (secondary N) is 1. The fraction of sp³-hybridized carbons (Fsp3) is 0.222. The predicted molar refractivity (Wildman–Crippen MR) is 92.8 cm³/mol. The standard InChI is InChI=1S/C18H16N2O3S/c1-2-22-14-6-4-3-5-13(14)19-18(21)16-12-7-8-15-11(9-10-24-15)17(12)23-20-16/h3-6,9-10H,2,7-8H2,1H3,(H,19,21). The maximum Gasteiger partial charge on any atom is 0.278 e. The number of hydrogen-bond acceptors (Lipinski definition) is 5. The molecule has 1 aliphatic rings. The number of carbonyl (C=O) groups is 1. The third kappa shape index (κ3) is 2.49. The van der Waals surface area contributed by atoms with Gasteiger partial charge in [0.25, 0.3) is 5.91 Å². The van der Waals surface area contributed by atoms with Crippen LogP contribution in [0.2, 0.25) is 0 Å².